The molecule has 3 unspecified atom stereocenters. The van der Waals surface area contributed by atoms with Crippen LogP contribution >= 0.6 is 8.03 Å². The van der Waals surface area contributed by atoms with Crippen molar-refractivity contribution in [3.63, 3.8) is 0 Å². The van der Waals surface area contributed by atoms with Crippen molar-refractivity contribution in [1.82, 2.24) is 0 Å². The Morgan fingerprint density at radius 3 is 1.96 bits per heavy atom. The number of benzene rings is 3. The SMILES string of the molecule is CC(c1ccccc1CCc1ccccc1)c1ccccc1C(C)[P+](=O)O. The second-order valence-corrected chi connectivity index (χ2v) is 8.39. The number of aryl methyl sites for hydroxylation is 2. The highest BCUT2D eigenvalue weighted by molar-refractivity contribution is 7.38. The molecule has 0 aromatic heterocycles. The second kappa shape index (κ2) is 9.08. The van der Waals surface area contributed by atoms with Crippen molar-refractivity contribution in [2.24, 2.45) is 0 Å². The second-order valence-electron chi connectivity index (χ2n) is 7.01. The van der Waals surface area contributed by atoms with Crippen LogP contribution in [0.2, 0.25) is 0 Å². The molecule has 0 aliphatic heterocycles. The van der Waals surface area contributed by atoms with E-state index in [0.29, 0.717) is 0 Å². The molecule has 0 aliphatic carbocycles. The van der Waals surface area contributed by atoms with Crippen molar-refractivity contribution < 1.29 is 9.46 Å². The number of hydrogen-bond donors (Lipinski definition) is 1. The lowest BCUT2D eigenvalue weighted by Gasteiger charge is -2.20. The molecule has 0 heterocycles. The van der Waals surface area contributed by atoms with E-state index in [0.717, 1.165) is 24.0 Å². The molecule has 3 aromatic rings. The normalized spacial score (nSPS) is 13.8. The molecule has 3 aromatic carbocycles. The van der Waals surface area contributed by atoms with E-state index < -0.39 is 8.03 Å². The van der Waals surface area contributed by atoms with Crippen molar-refractivity contribution in [3.8, 4) is 0 Å². The molecular weight excluding hydrogens is 351 g/mol. The first kappa shape index (κ1) is 19.5. The highest BCUT2D eigenvalue weighted by atomic mass is 31.1. The zero-order chi connectivity index (χ0) is 19.2. The lowest BCUT2D eigenvalue weighted by atomic mass is 9.85. The fraction of sp³-hybridized carbons (Fsp3) is 0.250. The maximum atomic E-state index is 11.7. The Balaban J connectivity index is 1.90. The highest BCUT2D eigenvalue weighted by Gasteiger charge is 2.29. The van der Waals surface area contributed by atoms with Gasteiger partial charge in [0.1, 0.15) is 0 Å². The molecule has 0 spiro atoms. The smallest absolute Gasteiger partial charge is 0.160 e. The van der Waals surface area contributed by atoms with Crippen LogP contribution in [0.1, 0.15) is 53.2 Å². The van der Waals surface area contributed by atoms with Gasteiger partial charge in [0.05, 0.1) is 0 Å². The van der Waals surface area contributed by atoms with Gasteiger partial charge in [-0.1, -0.05) is 85.8 Å². The molecule has 0 fully saturated rings. The maximum absolute atomic E-state index is 11.7. The highest BCUT2D eigenvalue weighted by Crippen LogP contribution is 2.41. The zero-order valence-electron chi connectivity index (χ0n) is 15.9. The third kappa shape index (κ3) is 4.71. The summed E-state index contributed by atoms with van der Waals surface area (Å²) in [5.41, 5.74) is 5.70. The Kier molecular flexibility index (Phi) is 6.55. The maximum Gasteiger partial charge on any atom is 0.513 e. The van der Waals surface area contributed by atoms with Crippen LogP contribution in [-0.4, -0.2) is 4.89 Å². The topological polar surface area (TPSA) is 37.3 Å². The van der Waals surface area contributed by atoms with Crippen LogP contribution in [0.4, 0.5) is 0 Å². The Bertz CT molecular complexity index is 905. The van der Waals surface area contributed by atoms with E-state index in [1.165, 1.54) is 16.7 Å². The van der Waals surface area contributed by atoms with Crippen LogP contribution in [0.3, 0.4) is 0 Å². The van der Waals surface area contributed by atoms with Crippen molar-refractivity contribution >= 4 is 8.03 Å². The summed E-state index contributed by atoms with van der Waals surface area (Å²) in [5, 5.41) is 0. The summed E-state index contributed by atoms with van der Waals surface area (Å²) in [7, 11) is -2.24. The third-order valence-corrected chi connectivity index (χ3v) is 6.23. The minimum Gasteiger partial charge on any atom is -0.160 e. The zero-order valence-corrected chi connectivity index (χ0v) is 16.8. The number of hydrogen-bond acceptors (Lipinski definition) is 1. The van der Waals surface area contributed by atoms with E-state index in [-0.39, 0.29) is 11.6 Å². The third-order valence-electron chi connectivity index (χ3n) is 5.29. The summed E-state index contributed by atoms with van der Waals surface area (Å²) >= 11 is 0. The summed E-state index contributed by atoms with van der Waals surface area (Å²) in [6.45, 7) is 4.02. The van der Waals surface area contributed by atoms with Gasteiger partial charge >= 0.3 is 8.03 Å². The average Bonchev–Trinajstić information content (AvgIpc) is 2.72. The number of rotatable bonds is 7. The molecule has 2 nitrogen and oxygen atoms in total. The van der Waals surface area contributed by atoms with Crippen molar-refractivity contribution in [2.75, 3.05) is 0 Å². The molecule has 0 radical (unpaired) electrons. The Hall–Kier alpha value is -2.28. The standard InChI is InChI=1S/C24H25O2P/c1-18(23-14-8-9-15-24(23)19(2)27(25)26)22-13-7-6-12-21(22)17-16-20-10-4-3-5-11-20/h3-15,18-19H,16-17H2,1-2H3/p+1. The Labute approximate surface area is 162 Å². The molecule has 3 heteroatoms. The van der Waals surface area contributed by atoms with Crippen LogP contribution in [0.25, 0.3) is 0 Å². The minimum atomic E-state index is -2.24. The molecule has 0 bridgehead atoms. The molecule has 3 atom stereocenters. The van der Waals surface area contributed by atoms with E-state index in [1.807, 2.05) is 31.2 Å². The van der Waals surface area contributed by atoms with Crippen molar-refractivity contribution in [3.05, 3.63) is 107 Å². The quantitative estimate of drug-likeness (QED) is 0.482. The first-order valence-corrected chi connectivity index (χ1v) is 10.7. The predicted octanol–water partition coefficient (Wildman–Crippen LogP) is 6.42. The van der Waals surface area contributed by atoms with Gasteiger partial charge in [-0.3, -0.25) is 0 Å². The molecule has 0 saturated heterocycles. The van der Waals surface area contributed by atoms with E-state index >= 15 is 0 Å². The van der Waals surface area contributed by atoms with Crippen LogP contribution in [-0.2, 0) is 17.4 Å². The van der Waals surface area contributed by atoms with Gasteiger partial charge in [0.25, 0.3) is 0 Å². The lowest BCUT2D eigenvalue weighted by Crippen LogP contribution is -2.06. The van der Waals surface area contributed by atoms with Gasteiger partial charge in [0.15, 0.2) is 0 Å². The largest absolute Gasteiger partial charge is 0.513 e. The summed E-state index contributed by atoms with van der Waals surface area (Å²) in [6.07, 6.45) is 1.99. The molecule has 0 amide bonds. The molecule has 0 aliphatic rings. The van der Waals surface area contributed by atoms with E-state index in [4.69, 9.17) is 0 Å². The van der Waals surface area contributed by atoms with Crippen molar-refractivity contribution in [1.29, 1.82) is 0 Å². The van der Waals surface area contributed by atoms with Gasteiger partial charge in [-0.25, -0.2) is 0 Å². The summed E-state index contributed by atoms with van der Waals surface area (Å²) in [5.74, 6) is 0.172. The fourth-order valence-corrected chi connectivity index (χ4v) is 4.15. The van der Waals surface area contributed by atoms with Crippen LogP contribution in [0.5, 0.6) is 0 Å². The Morgan fingerprint density at radius 1 is 0.741 bits per heavy atom. The molecular formula is C24H26O2P+. The fourth-order valence-electron chi connectivity index (χ4n) is 3.68. The van der Waals surface area contributed by atoms with E-state index in [1.54, 1.807) is 0 Å². The van der Waals surface area contributed by atoms with Gasteiger partial charge in [-0.2, -0.15) is 4.89 Å². The van der Waals surface area contributed by atoms with E-state index in [9.17, 15) is 9.46 Å². The van der Waals surface area contributed by atoms with Gasteiger partial charge in [-0.05, 0) is 46.6 Å². The molecule has 3 rings (SSSR count). The monoisotopic (exact) mass is 377 g/mol. The van der Waals surface area contributed by atoms with Crippen molar-refractivity contribution in [2.45, 2.75) is 38.3 Å². The summed E-state index contributed by atoms with van der Waals surface area (Å²) in [6, 6.07) is 27.1. The summed E-state index contributed by atoms with van der Waals surface area (Å²) < 4.78 is 11.7. The summed E-state index contributed by atoms with van der Waals surface area (Å²) in [4.78, 5) is 9.63. The van der Waals surface area contributed by atoms with Gasteiger partial charge in [-0.15, -0.1) is 0 Å². The van der Waals surface area contributed by atoms with Gasteiger partial charge in [0, 0.05) is 11.5 Å². The van der Waals surface area contributed by atoms with Crippen LogP contribution < -0.4 is 0 Å². The predicted molar refractivity (Wildman–Crippen MR) is 112 cm³/mol. The molecule has 27 heavy (non-hydrogen) atoms. The van der Waals surface area contributed by atoms with E-state index in [2.05, 4.69) is 61.5 Å². The molecule has 0 saturated carbocycles. The lowest BCUT2D eigenvalue weighted by molar-refractivity contribution is 0.493. The van der Waals surface area contributed by atoms with Crippen LogP contribution in [0, 0.1) is 0 Å². The first-order chi connectivity index (χ1) is 13.1. The van der Waals surface area contributed by atoms with Gasteiger partial charge in [0.2, 0.25) is 5.66 Å². The molecule has 1 N–H and O–H groups in total. The molecule has 138 valence electrons. The minimum absolute atomic E-state index is 0.172. The first-order valence-electron chi connectivity index (χ1n) is 9.43. The van der Waals surface area contributed by atoms with Gasteiger partial charge < -0.3 is 0 Å². The van der Waals surface area contributed by atoms with Crippen LogP contribution in [0.15, 0.2) is 78.9 Å². The average molecular weight is 377 g/mol. The Morgan fingerprint density at radius 2 is 1.30 bits per heavy atom.